The van der Waals surface area contributed by atoms with Crippen molar-refractivity contribution in [2.45, 2.75) is 26.3 Å². The van der Waals surface area contributed by atoms with Gasteiger partial charge in [0.1, 0.15) is 5.82 Å². The van der Waals surface area contributed by atoms with Gasteiger partial charge in [0.25, 0.3) is 5.91 Å². The molecule has 1 aliphatic heterocycles. The first-order chi connectivity index (χ1) is 9.45. The van der Waals surface area contributed by atoms with Gasteiger partial charge in [-0.1, -0.05) is 0 Å². The van der Waals surface area contributed by atoms with Crippen molar-refractivity contribution >= 4 is 11.6 Å². The van der Waals surface area contributed by atoms with Crippen LogP contribution >= 0.6 is 0 Å². The van der Waals surface area contributed by atoms with E-state index in [0.29, 0.717) is 18.5 Å². The number of nitrogen functional groups attached to an aromatic ring is 1. The molecule has 5 heteroatoms. The Morgan fingerprint density at radius 2 is 2.25 bits per heavy atom. The zero-order chi connectivity index (χ0) is 14.7. The summed E-state index contributed by atoms with van der Waals surface area (Å²) in [5.74, 6) is -0.284. The van der Waals surface area contributed by atoms with Gasteiger partial charge < -0.3 is 16.0 Å². The minimum absolute atomic E-state index is 0.265. The van der Waals surface area contributed by atoms with Crippen LogP contribution in [0, 0.1) is 11.7 Å². The molecule has 1 amide bonds. The lowest BCUT2D eigenvalue weighted by atomic mass is 10.1. The van der Waals surface area contributed by atoms with E-state index < -0.39 is 5.82 Å². The number of hydrogen-bond donors (Lipinski definition) is 2. The van der Waals surface area contributed by atoms with Gasteiger partial charge in [0.15, 0.2) is 0 Å². The predicted molar refractivity (Wildman–Crippen MR) is 78.0 cm³/mol. The Kier molecular flexibility index (Phi) is 4.60. The van der Waals surface area contributed by atoms with E-state index in [1.54, 1.807) is 0 Å². The number of nitrogens with two attached hydrogens (primary N) is 1. The number of carbonyl (C=O) groups is 1. The fourth-order valence-corrected chi connectivity index (χ4v) is 2.58. The maximum Gasteiger partial charge on any atom is 0.251 e. The topological polar surface area (TPSA) is 58.4 Å². The van der Waals surface area contributed by atoms with E-state index in [2.05, 4.69) is 24.1 Å². The summed E-state index contributed by atoms with van der Waals surface area (Å²) >= 11 is 0. The standard InChI is InChI=1S/C15H22FN3O/c1-10(2)19-4-3-11(9-19)8-18-15(20)12-5-13(16)7-14(17)6-12/h5-7,10-11H,3-4,8-9,17H2,1-2H3,(H,18,20). The van der Waals surface area contributed by atoms with Crippen molar-refractivity contribution < 1.29 is 9.18 Å². The molecule has 4 nitrogen and oxygen atoms in total. The molecule has 1 unspecified atom stereocenters. The van der Waals surface area contributed by atoms with E-state index in [1.807, 2.05) is 0 Å². The van der Waals surface area contributed by atoms with Gasteiger partial charge in [0, 0.05) is 30.4 Å². The van der Waals surface area contributed by atoms with Crippen molar-refractivity contribution in [1.29, 1.82) is 0 Å². The van der Waals surface area contributed by atoms with Gasteiger partial charge in [-0.25, -0.2) is 4.39 Å². The molecule has 1 saturated heterocycles. The quantitative estimate of drug-likeness (QED) is 0.827. The molecule has 1 heterocycles. The lowest BCUT2D eigenvalue weighted by Crippen LogP contribution is -2.33. The van der Waals surface area contributed by atoms with Crippen LogP contribution in [0.1, 0.15) is 30.6 Å². The van der Waals surface area contributed by atoms with Crippen molar-refractivity contribution in [3.8, 4) is 0 Å². The van der Waals surface area contributed by atoms with Crippen molar-refractivity contribution in [2.75, 3.05) is 25.4 Å². The molecular weight excluding hydrogens is 257 g/mol. The number of benzene rings is 1. The van der Waals surface area contributed by atoms with E-state index in [0.717, 1.165) is 19.5 Å². The predicted octanol–water partition coefficient (Wildman–Crippen LogP) is 1.87. The zero-order valence-electron chi connectivity index (χ0n) is 12.0. The molecule has 1 fully saturated rings. The normalized spacial score (nSPS) is 19.5. The lowest BCUT2D eigenvalue weighted by molar-refractivity contribution is 0.0946. The zero-order valence-corrected chi connectivity index (χ0v) is 12.0. The highest BCUT2D eigenvalue weighted by atomic mass is 19.1. The minimum Gasteiger partial charge on any atom is -0.399 e. The number of rotatable bonds is 4. The Morgan fingerprint density at radius 1 is 1.50 bits per heavy atom. The molecule has 1 aromatic carbocycles. The van der Waals surface area contributed by atoms with Crippen LogP contribution in [0.3, 0.4) is 0 Å². The summed E-state index contributed by atoms with van der Waals surface area (Å²) in [7, 11) is 0. The van der Waals surface area contributed by atoms with Crippen LogP contribution in [0.4, 0.5) is 10.1 Å². The maximum absolute atomic E-state index is 13.2. The second-order valence-corrected chi connectivity index (χ2v) is 5.73. The molecule has 0 radical (unpaired) electrons. The van der Waals surface area contributed by atoms with Crippen LogP contribution in [0.15, 0.2) is 18.2 Å². The van der Waals surface area contributed by atoms with E-state index in [-0.39, 0.29) is 17.2 Å². The molecule has 0 aromatic heterocycles. The summed E-state index contributed by atoms with van der Waals surface area (Å²) < 4.78 is 13.2. The first kappa shape index (κ1) is 14.8. The van der Waals surface area contributed by atoms with Gasteiger partial charge in [-0.2, -0.15) is 0 Å². The summed E-state index contributed by atoms with van der Waals surface area (Å²) in [5, 5.41) is 2.87. The van der Waals surface area contributed by atoms with Crippen LogP contribution in [-0.4, -0.2) is 36.5 Å². The van der Waals surface area contributed by atoms with E-state index in [9.17, 15) is 9.18 Å². The van der Waals surface area contributed by atoms with Gasteiger partial charge in [0.05, 0.1) is 0 Å². The molecule has 1 aromatic rings. The molecule has 0 spiro atoms. The summed E-state index contributed by atoms with van der Waals surface area (Å²) in [6.07, 6.45) is 1.09. The maximum atomic E-state index is 13.2. The fraction of sp³-hybridized carbons (Fsp3) is 0.533. The van der Waals surface area contributed by atoms with Crippen LogP contribution in [0.2, 0.25) is 0 Å². The molecular formula is C15H22FN3O. The molecule has 0 aliphatic carbocycles. The summed E-state index contributed by atoms with van der Waals surface area (Å²) in [4.78, 5) is 14.4. The van der Waals surface area contributed by atoms with Crippen molar-refractivity contribution in [3.05, 3.63) is 29.6 Å². The van der Waals surface area contributed by atoms with Crippen molar-refractivity contribution in [2.24, 2.45) is 5.92 Å². The first-order valence-electron chi connectivity index (χ1n) is 7.04. The molecule has 1 aliphatic rings. The molecule has 3 N–H and O–H groups in total. The fourth-order valence-electron chi connectivity index (χ4n) is 2.58. The van der Waals surface area contributed by atoms with Crippen LogP contribution in [-0.2, 0) is 0 Å². The number of nitrogens with one attached hydrogen (secondary N) is 1. The van der Waals surface area contributed by atoms with Crippen LogP contribution < -0.4 is 11.1 Å². The van der Waals surface area contributed by atoms with Crippen molar-refractivity contribution in [3.63, 3.8) is 0 Å². The van der Waals surface area contributed by atoms with E-state index in [1.165, 1.54) is 18.2 Å². The van der Waals surface area contributed by atoms with Gasteiger partial charge in [-0.05, 0) is 50.9 Å². The third-order valence-corrected chi connectivity index (χ3v) is 3.78. The average molecular weight is 279 g/mol. The SMILES string of the molecule is CC(C)N1CCC(CNC(=O)c2cc(N)cc(F)c2)C1. The van der Waals surface area contributed by atoms with Crippen LogP contribution in [0.25, 0.3) is 0 Å². The lowest BCUT2D eigenvalue weighted by Gasteiger charge is -2.20. The van der Waals surface area contributed by atoms with Crippen LogP contribution in [0.5, 0.6) is 0 Å². The Bertz CT molecular complexity index is 470. The number of amides is 1. The van der Waals surface area contributed by atoms with Gasteiger partial charge in [-0.15, -0.1) is 0 Å². The van der Waals surface area contributed by atoms with Gasteiger partial charge in [-0.3, -0.25) is 4.79 Å². The Labute approximate surface area is 119 Å². The first-order valence-corrected chi connectivity index (χ1v) is 7.04. The second kappa shape index (κ2) is 6.22. The smallest absolute Gasteiger partial charge is 0.251 e. The number of nitrogens with zero attached hydrogens (tertiary/aromatic N) is 1. The Hall–Kier alpha value is -1.62. The number of halogens is 1. The number of carbonyl (C=O) groups excluding carboxylic acids is 1. The minimum atomic E-state index is -0.484. The van der Waals surface area contributed by atoms with E-state index in [4.69, 9.17) is 5.73 Å². The number of anilines is 1. The summed E-state index contributed by atoms with van der Waals surface area (Å²) in [6.45, 7) is 7.06. The monoisotopic (exact) mass is 279 g/mol. The summed E-state index contributed by atoms with van der Waals surface area (Å²) in [5.41, 5.74) is 6.08. The molecule has 1 atom stereocenters. The van der Waals surface area contributed by atoms with Crippen molar-refractivity contribution in [1.82, 2.24) is 10.2 Å². The number of hydrogen-bond acceptors (Lipinski definition) is 3. The largest absolute Gasteiger partial charge is 0.399 e. The molecule has 2 rings (SSSR count). The molecule has 0 saturated carbocycles. The highest BCUT2D eigenvalue weighted by Gasteiger charge is 2.24. The molecule has 20 heavy (non-hydrogen) atoms. The highest BCUT2D eigenvalue weighted by Crippen LogP contribution is 2.18. The Balaban J connectivity index is 1.87. The second-order valence-electron chi connectivity index (χ2n) is 5.73. The summed E-state index contributed by atoms with van der Waals surface area (Å²) in [6, 6.07) is 4.45. The highest BCUT2D eigenvalue weighted by molar-refractivity contribution is 5.95. The molecule has 0 bridgehead atoms. The third-order valence-electron chi connectivity index (χ3n) is 3.78. The number of likely N-dealkylation sites (tertiary alicyclic amines) is 1. The van der Waals surface area contributed by atoms with E-state index >= 15 is 0 Å². The van der Waals surface area contributed by atoms with Gasteiger partial charge >= 0.3 is 0 Å². The molecule has 110 valence electrons. The third kappa shape index (κ3) is 3.70. The van der Waals surface area contributed by atoms with Gasteiger partial charge in [0.2, 0.25) is 0 Å². The Morgan fingerprint density at radius 3 is 2.85 bits per heavy atom. The average Bonchev–Trinajstić information content (AvgIpc) is 2.83.